The van der Waals surface area contributed by atoms with Crippen LogP contribution in [-0.2, 0) is 9.53 Å². The molecule has 8 heteroatoms. The van der Waals surface area contributed by atoms with Gasteiger partial charge < -0.3 is 10.5 Å². The van der Waals surface area contributed by atoms with Crippen LogP contribution in [0.25, 0.3) is 0 Å². The first-order valence-electron chi connectivity index (χ1n) is 3.71. The second kappa shape index (κ2) is 6.28. The third-order valence-corrected chi connectivity index (χ3v) is 1.33. The molecule has 0 aliphatic rings. The Morgan fingerprint density at radius 3 is 2.57 bits per heavy atom. The van der Waals surface area contributed by atoms with Crippen molar-refractivity contribution < 1.29 is 14.3 Å². The lowest BCUT2D eigenvalue weighted by atomic mass is 10.4. The normalized spacial score (nSPS) is 11.6. The monoisotopic (exact) mass is 223 g/mol. The number of ether oxygens (including phenoxy) is 1. The first-order chi connectivity index (χ1) is 6.52. The van der Waals surface area contributed by atoms with E-state index >= 15 is 0 Å². The molecule has 80 valence electrons. The number of nitroso groups, excluding NO2 is 1. The quantitative estimate of drug-likeness (QED) is 0.241. The van der Waals surface area contributed by atoms with E-state index in [-0.39, 0.29) is 12.4 Å². The molecule has 0 unspecified atom stereocenters. The minimum absolute atomic E-state index is 0.00715. The van der Waals surface area contributed by atoms with Crippen molar-refractivity contribution in [3.8, 4) is 0 Å². The van der Waals surface area contributed by atoms with E-state index < -0.39 is 18.1 Å². The zero-order valence-corrected chi connectivity index (χ0v) is 8.23. The van der Waals surface area contributed by atoms with E-state index in [4.69, 9.17) is 17.3 Å². The molecular formula is C6H10ClN3O4. The van der Waals surface area contributed by atoms with Crippen molar-refractivity contribution in [3.63, 3.8) is 0 Å². The van der Waals surface area contributed by atoms with Gasteiger partial charge in [-0.05, 0) is 6.92 Å². The second-order valence-corrected chi connectivity index (χ2v) is 2.75. The minimum Gasteiger partial charge on any atom is -0.374 e. The molecule has 1 atom stereocenters. The SMILES string of the molecule is C[C@H](N)C(=O)OC(=O)N(CCCl)N=O. The maximum Gasteiger partial charge on any atom is 0.440 e. The molecule has 0 aromatic heterocycles. The number of alkyl halides is 1. The Hall–Kier alpha value is -1.21. The lowest BCUT2D eigenvalue weighted by molar-refractivity contribution is -0.139. The summed E-state index contributed by atoms with van der Waals surface area (Å²) in [4.78, 5) is 31.8. The highest BCUT2D eigenvalue weighted by molar-refractivity contribution is 6.18. The first-order valence-corrected chi connectivity index (χ1v) is 4.24. The molecule has 0 aromatic rings. The molecule has 1 amide bonds. The Kier molecular flexibility index (Phi) is 5.73. The molecule has 0 bridgehead atoms. The molecule has 0 saturated carbocycles. The van der Waals surface area contributed by atoms with Crippen LogP contribution in [0.15, 0.2) is 5.29 Å². The summed E-state index contributed by atoms with van der Waals surface area (Å²) < 4.78 is 4.19. The van der Waals surface area contributed by atoms with Crippen molar-refractivity contribution in [2.24, 2.45) is 11.0 Å². The Balaban J connectivity index is 4.17. The van der Waals surface area contributed by atoms with E-state index in [0.29, 0.717) is 5.01 Å². The van der Waals surface area contributed by atoms with E-state index in [2.05, 4.69) is 10.0 Å². The van der Waals surface area contributed by atoms with Crippen LogP contribution in [0, 0.1) is 4.91 Å². The molecule has 0 radical (unpaired) electrons. The third kappa shape index (κ3) is 4.15. The lowest BCUT2D eigenvalue weighted by Gasteiger charge is -2.11. The van der Waals surface area contributed by atoms with Crippen LogP contribution < -0.4 is 5.73 Å². The van der Waals surface area contributed by atoms with Gasteiger partial charge in [0, 0.05) is 5.88 Å². The number of hydrogen-bond acceptors (Lipinski definition) is 6. The summed E-state index contributed by atoms with van der Waals surface area (Å²) in [6.07, 6.45) is -1.18. The highest BCUT2D eigenvalue weighted by Crippen LogP contribution is 1.97. The summed E-state index contributed by atoms with van der Waals surface area (Å²) >= 11 is 5.26. The molecule has 0 saturated heterocycles. The number of halogens is 1. The van der Waals surface area contributed by atoms with Crippen LogP contribution in [0.3, 0.4) is 0 Å². The van der Waals surface area contributed by atoms with Crippen LogP contribution in [-0.4, -0.2) is 35.5 Å². The summed E-state index contributed by atoms with van der Waals surface area (Å²) in [5.41, 5.74) is 5.12. The van der Waals surface area contributed by atoms with E-state index in [9.17, 15) is 14.5 Å². The molecule has 0 rings (SSSR count). The number of nitrogens with zero attached hydrogens (tertiary/aromatic N) is 2. The molecule has 0 aromatic carbocycles. The van der Waals surface area contributed by atoms with Crippen LogP contribution in [0.5, 0.6) is 0 Å². The smallest absolute Gasteiger partial charge is 0.374 e. The van der Waals surface area contributed by atoms with Crippen LogP contribution in [0.2, 0.25) is 0 Å². The predicted octanol–water partition coefficient (Wildman–Crippen LogP) is 0.219. The van der Waals surface area contributed by atoms with Gasteiger partial charge in [0.05, 0.1) is 11.8 Å². The fourth-order valence-electron chi connectivity index (χ4n) is 0.477. The topological polar surface area (TPSA) is 102 Å². The zero-order valence-electron chi connectivity index (χ0n) is 7.47. The van der Waals surface area contributed by atoms with Gasteiger partial charge in [-0.3, -0.25) is 0 Å². The molecule has 7 nitrogen and oxygen atoms in total. The summed E-state index contributed by atoms with van der Waals surface area (Å²) in [5, 5.41) is 2.72. The van der Waals surface area contributed by atoms with Crippen molar-refractivity contribution in [1.82, 2.24) is 5.01 Å². The third-order valence-electron chi connectivity index (χ3n) is 1.17. The Morgan fingerprint density at radius 1 is 1.64 bits per heavy atom. The van der Waals surface area contributed by atoms with Crippen LogP contribution >= 0.6 is 11.6 Å². The number of carbonyl (C=O) groups excluding carboxylic acids is 2. The second-order valence-electron chi connectivity index (χ2n) is 2.37. The van der Waals surface area contributed by atoms with Gasteiger partial charge in [0.15, 0.2) is 0 Å². The standard InChI is InChI=1S/C6H10ClN3O4/c1-4(8)5(11)14-6(12)10(9-13)3-2-7/h4H,2-3,8H2,1H3/t4-/m0/s1. The van der Waals surface area contributed by atoms with Crippen molar-refractivity contribution in [2.45, 2.75) is 13.0 Å². The number of nitrogens with two attached hydrogens (primary N) is 1. The fourth-order valence-corrected chi connectivity index (χ4v) is 0.637. The maximum atomic E-state index is 11.0. The van der Waals surface area contributed by atoms with Crippen LogP contribution in [0.1, 0.15) is 6.92 Å². The zero-order chi connectivity index (χ0) is 11.1. The van der Waals surface area contributed by atoms with E-state index in [1.54, 1.807) is 0 Å². The largest absolute Gasteiger partial charge is 0.440 e. The van der Waals surface area contributed by atoms with Crippen LogP contribution in [0.4, 0.5) is 4.79 Å². The van der Waals surface area contributed by atoms with Gasteiger partial charge in [-0.15, -0.1) is 16.5 Å². The number of hydrogen-bond donors (Lipinski definition) is 1. The number of rotatable bonds is 4. The van der Waals surface area contributed by atoms with Gasteiger partial charge in [0.25, 0.3) is 0 Å². The van der Waals surface area contributed by atoms with Gasteiger partial charge in [-0.1, -0.05) is 0 Å². The van der Waals surface area contributed by atoms with E-state index in [1.807, 2.05) is 0 Å². The van der Waals surface area contributed by atoms with Gasteiger partial charge in [0.2, 0.25) is 0 Å². The summed E-state index contributed by atoms with van der Waals surface area (Å²) in [5.74, 6) is -0.925. The molecular weight excluding hydrogens is 214 g/mol. The molecule has 0 fully saturated rings. The van der Waals surface area contributed by atoms with Crippen molar-refractivity contribution in [1.29, 1.82) is 0 Å². The fraction of sp³-hybridized carbons (Fsp3) is 0.667. The average molecular weight is 224 g/mol. The summed E-state index contributed by atoms with van der Waals surface area (Å²) in [6.45, 7) is 1.21. The summed E-state index contributed by atoms with van der Waals surface area (Å²) in [7, 11) is 0. The highest BCUT2D eigenvalue weighted by Gasteiger charge is 2.20. The summed E-state index contributed by atoms with van der Waals surface area (Å²) in [6, 6.07) is -0.941. The Morgan fingerprint density at radius 2 is 2.21 bits per heavy atom. The molecule has 2 N–H and O–H groups in total. The maximum absolute atomic E-state index is 11.0. The predicted molar refractivity (Wildman–Crippen MR) is 48.4 cm³/mol. The number of esters is 1. The first kappa shape index (κ1) is 12.8. The molecule has 0 heterocycles. The van der Waals surface area contributed by atoms with Crippen molar-refractivity contribution in [2.75, 3.05) is 12.4 Å². The van der Waals surface area contributed by atoms with Gasteiger partial charge in [-0.25, -0.2) is 9.59 Å². The minimum atomic E-state index is -1.18. The Labute approximate surface area is 85.1 Å². The number of amides is 1. The van der Waals surface area contributed by atoms with Gasteiger partial charge >= 0.3 is 12.1 Å². The average Bonchev–Trinajstić information content (AvgIpc) is 2.13. The molecule has 0 aliphatic heterocycles. The highest BCUT2D eigenvalue weighted by atomic mass is 35.5. The van der Waals surface area contributed by atoms with E-state index in [1.165, 1.54) is 6.92 Å². The number of carbonyl (C=O) groups is 2. The molecule has 14 heavy (non-hydrogen) atoms. The van der Waals surface area contributed by atoms with Crippen molar-refractivity contribution >= 4 is 23.7 Å². The van der Waals surface area contributed by atoms with Crippen molar-refractivity contribution in [3.05, 3.63) is 4.91 Å². The van der Waals surface area contributed by atoms with E-state index in [0.717, 1.165) is 0 Å². The lowest BCUT2D eigenvalue weighted by Crippen LogP contribution is -2.36. The van der Waals surface area contributed by atoms with Gasteiger partial charge in [-0.2, -0.15) is 5.01 Å². The van der Waals surface area contributed by atoms with Gasteiger partial charge in [0.1, 0.15) is 6.04 Å². The Bertz CT molecular complexity index is 233. The molecule has 0 spiro atoms. The molecule has 0 aliphatic carbocycles.